The summed E-state index contributed by atoms with van der Waals surface area (Å²) in [5, 5.41) is 7.64. The lowest BCUT2D eigenvalue weighted by Crippen LogP contribution is -2.11. The maximum atomic E-state index is 4.96. The Kier molecular flexibility index (Phi) is 7.39. The van der Waals surface area contributed by atoms with E-state index in [1.165, 1.54) is 49.0 Å². The Morgan fingerprint density at radius 3 is 0.881 bits per heavy atom. The number of hydrogen-bond acceptors (Lipinski definition) is 3. The van der Waals surface area contributed by atoms with Gasteiger partial charge in [-0.05, 0) is 68.3 Å². The van der Waals surface area contributed by atoms with Crippen LogP contribution in [0.3, 0.4) is 0 Å². The molecule has 0 bridgehead atoms. The van der Waals surface area contributed by atoms with Crippen molar-refractivity contribution in [2.45, 2.75) is 38.5 Å². The topological polar surface area (TPSA) is 38.7 Å². The van der Waals surface area contributed by atoms with Gasteiger partial charge in [0.2, 0.25) is 0 Å². The van der Waals surface area contributed by atoms with E-state index in [9.17, 15) is 0 Å². The van der Waals surface area contributed by atoms with Crippen LogP contribution in [0.25, 0.3) is 32.3 Å². The van der Waals surface area contributed by atoms with Crippen molar-refractivity contribution in [3.05, 3.63) is 162 Å². The number of rotatable bonds is 9. The first-order valence-corrected chi connectivity index (χ1v) is 14.9. The quantitative estimate of drug-likeness (QED) is 0.183. The smallest absolute Gasteiger partial charge is 0.132 e. The third-order valence-corrected chi connectivity index (χ3v) is 8.13. The van der Waals surface area contributed by atoms with Gasteiger partial charge in [0.15, 0.2) is 0 Å². The normalized spacial score (nSPS) is 11.4. The highest BCUT2D eigenvalue weighted by Crippen LogP contribution is 2.20. The zero-order valence-corrected chi connectivity index (χ0v) is 23.7. The van der Waals surface area contributed by atoms with Gasteiger partial charge in [0.25, 0.3) is 0 Å². The van der Waals surface area contributed by atoms with Crippen LogP contribution in [0.15, 0.2) is 127 Å². The molecular formula is C39H33N3. The monoisotopic (exact) mass is 543 g/mol. The van der Waals surface area contributed by atoms with Gasteiger partial charge in [-0.15, -0.1) is 0 Å². The van der Waals surface area contributed by atoms with E-state index in [-0.39, 0.29) is 0 Å². The largest absolute Gasteiger partial charge is 0.218 e. The fraction of sp³-hybridized carbons (Fsp3) is 0.154. The van der Waals surface area contributed by atoms with E-state index in [0.717, 1.165) is 56.0 Å². The average molecular weight is 544 g/mol. The molecular weight excluding hydrogens is 510 g/mol. The molecule has 6 aromatic carbocycles. The van der Waals surface area contributed by atoms with Gasteiger partial charge in [-0.3, -0.25) is 0 Å². The first-order valence-electron chi connectivity index (χ1n) is 14.9. The van der Waals surface area contributed by atoms with Gasteiger partial charge in [-0.2, -0.15) is 0 Å². The number of aryl methyl sites for hydroxylation is 6. The minimum Gasteiger partial charge on any atom is -0.218 e. The zero-order valence-electron chi connectivity index (χ0n) is 23.7. The molecule has 0 amide bonds. The molecule has 7 rings (SSSR count). The maximum Gasteiger partial charge on any atom is 0.132 e. The van der Waals surface area contributed by atoms with Gasteiger partial charge in [-0.25, -0.2) is 15.0 Å². The SMILES string of the molecule is c1ccc2cc(CCc3nc(CCc4ccc5ccccc5c4)nc(CCc4ccc5ccccc5c4)n3)ccc2c1. The Hall–Kier alpha value is -4.89. The van der Waals surface area contributed by atoms with E-state index in [1.807, 2.05) is 0 Å². The van der Waals surface area contributed by atoms with Crippen LogP contribution in [0.5, 0.6) is 0 Å². The predicted molar refractivity (Wildman–Crippen MR) is 174 cm³/mol. The molecule has 3 nitrogen and oxygen atoms in total. The van der Waals surface area contributed by atoms with Crippen molar-refractivity contribution in [2.75, 3.05) is 0 Å². The summed E-state index contributed by atoms with van der Waals surface area (Å²) in [6.07, 6.45) is 5.11. The molecule has 0 atom stereocenters. The lowest BCUT2D eigenvalue weighted by Gasteiger charge is -2.09. The highest BCUT2D eigenvalue weighted by atomic mass is 15.0. The number of nitrogens with zero attached hydrogens (tertiary/aromatic N) is 3. The minimum atomic E-state index is 0.798. The number of benzene rings is 6. The molecule has 1 heterocycles. The number of hydrogen-bond donors (Lipinski definition) is 0. The van der Waals surface area contributed by atoms with Crippen LogP contribution >= 0.6 is 0 Å². The molecule has 0 aliphatic heterocycles. The van der Waals surface area contributed by atoms with Crippen molar-refractivity contribution in [3.63, 3.8) is 0 Å². The Bertz CT molecular complexity index is 1770. The lowest BCUT2D eigenvalue weighted by atomic mass is 10.0. The lowest BCUT2D eigenvalue weighted by molar-refractivity contribution is 0.721. The van der Waals surface area contributed by atoms with Crippen LogP contribution in [0.2, 0.25) is 0 Å². The molecule has 42 heavy (non-hydrogen) atoms. The van der Waals surface area contributed by atoms with Crippen LogP contribution in [-0.2, 0) is 38.5 Å². The summed E-state index contributed by atoms with van der Waals surface area (Å²) in [5.74, 6) is 2.67. The van der Waals surface area contributed by atoms with Gasteiger partial charge in [0.1, 0.15) is 17.5 Å². The summed E-state index contributed by atoms with van der Waals surface area (Å²) >= 11 is 0. The molecule has 0 saturated carbocycles. The second-order valence-corrected chi connectivity index (χ2v) is 11.1. The van der Waals surface area contributed by atoms with Crippen molar-refractivity contribution in [3.8, 4) is 0 Å². The molecule has 204 valence electrons. The molecule has 0 fully saturated rings. The molecule has 0 saturated heterocycles. The van der Waals surface area contributed by atoms with Crippen molar-refractivity contribution in [1.29, 1.82) is 0 Å². The molecule has 0 N–H and O–H groups in total. The summed E-state index contributed by atoms with van der Waals surface area (Å²) in [6.45, 7) is 0. The Balaban J connectivity index is 1.11. The standard InChI is InChI=1S/C39H33N3/c1-4-10-34-25-28(13-19-31(34)7-1)16-22-37-40-38(23-17-29-14-20-32-8-2-5-11-35(32)26-29)42-39(41-37)24-18-30-15-21-33-9-3-6-12-36(33)27-30/h1-15,19-21,25-27H,16-18,22-24H2. The fourth-order valence-corrected chi connectivity index (χ4v) is 5.81. The molecule has 0 radical (unpaired) electrons. The molecule has 0 spiro atoms. The Morgan fingerprint density at radius 1 is 0.286 bits per heavy atom. The van der Waals surface area contributed by atoms with Crippen LogP contribution in [0.1, 0.15) is 34.2 Å². The van der Waals surface area contributed by atoms with Gasteiger partial charge in [0, 0.05) is 19.3 Å². The zero-order chi connectivity index (χ0) is 28.1. The van der Waals surface area contributed by atoms with E-state index in [2.05, 4.69) is 127 Å². The molecule has 1 aromatic heterocycles. The van der Waals surface area contributed by atoms with Crippen molar-refractivity contribution < 1.29 is 0 Å². The highest BCUT2D eigenvalue weighted by molar-refractivity contribution is 5.84. The third kappa shape index (κ3) is 6.06. The molecule has 0 aliphatic carbocycles. The summed E-state index contributed by atoms with van der Waals surface area (Å²) in [4.78, 5) is 14.9. The first-order chi connectivity index (χ1) is 20.7. The van der Waals surface area contributed by atoms with Crippen molar-refractivity contribution >= 4 is 32.3 Å². The fourth-order valence-electron chi connectivity index (χ4n) is 5.81. The summed E-state index contributed by atoms with van der Waals surface area (Å²) < 4.78 is 0. The molecule has 7 aromatic rings. The van der Waals surface area contributed by atoms with Gasteiger partial charge >= 0.3 is 0 Å². The van der Waals surface area contributed by atoms with Crippen LogP contribution in [0, 0.1) is 0 Å². The molecule has 0 aliphatic rings. The Morgan fingerprint density at radius 2 is 0.571 bits per heavy atom. The first kappa shape index (κ1) is 26.0. The van der Waals surface area contributed by atoms with E-state index >= 15 is 0 Å². The second-order valence-electron chi connectivity index (χ2n) is 11.1. The van der Waals surface area contributed by atoms with Gasteiger partial charge in [-0.1, -0.05) is 127 Å². The van der Waals surface area contributed by atoms with E-state index in [1.54, 1.807) is 0 Å². The average Bonchev–Trinajstić information content (AvgIpc) is 3.05. The van der Waals surface area contributed by atoms with Crippen LogP contribution in [-0.4, -0.2) is 15.0 Å². The number of aromatic nitrogens is 3. The minimum absolute atomic E-state index is 0.798. The van der Waals surface area contributed by atoms with Crippen LogP contribution < -0.4 is 0 Å². The molecule has 0 unspecified atom stereocenters. The van der Waals surface area contributed by atoms with Crippen molar-refractivity contribution in [2.24, 2.45) is 0 Å². The summed E-state index contributed by atoms with van der Waals surface area (Å²) in [5.41, 5.74) is 3.93. The second kappa shape index (κ2) is 11.9. The Labute approximate surface area is 246 Å². The highest BCUT2D eigenvalue weighted by Gasteiger charge is 2.10. The van der Waals surface area contributed by atoms with E-state index in [4.69, 9.17) is 15.0 Å². The predicted octanol–water partition coefficient (Wildman–Crippen LogP) is 8.69. The van der Waals surface area contributed by atoms with Crippen LogP contribution in [0.4, 0.5) is 0 Å². The number of fused-ring (bicyclic) bond motifs is 3. The van der Waals surface area contributed by atoms with E-state index < -0.39 is 0 Å². The summed E-state index contributed by atoms with van der Waals surface area (Å²) in [6, 6.07) is 45.8. The maximum absolute atomic E-state index is 4.96. The van der Waals surface area contributed by atoms with Crippen molar-refractivity contribution in [1.82, 2.24) is 15.0 Å². The molecule has 3 heteroatoms. The van der Waals surface area contributed by atoms with Gasteiger partial charge in [0.05, 0.1) is 0 Å². The van der Waals surface area contributed by atoms with E-state index in [0.29, 0.717) is 0 Å². The van der Waals surface area contributed by atoms with Gasteiger partial charge < -0.3 is 0 Å². The third-order valence-electron chi connectivity index (χ3n) is 8.13. The summed E-state index contributed by atoms with van der Waals surface area (Å²) in [7, 11) is 0.